The molecule has 0 saturated heterocycles. The molecule has 0 fully saturated rings. The van der Waals surface area contributed by atoms with Crippen LogP contribution in [0.25, 0.3) is 10.9 Å². The maximum atomic E-state index is 13.2. The van der Waals surface area contributed by atoms with Crippen LogP contribution in [-0.4, -0.2) is 25.5 Å². The molecule has 30 heavy (non-hydrogen) atoms. The maximum absolute atomic E-state index is 13.2. The topological polar surface area (TPSA) is 81.3 Å². The van der Waals surface area contributed by atoms with E-state index in [2.05, 4.69) is 5.10 Å². The maximum Gasteiger partial charge on any atom is 0.270 e. The Morgan fingerprint density at radius 1 is 0.933 bits per heavy atom. The fourth-order valence-electron chi connectivity index (χ4n) is 3.38. The summed E-state index contributed by atoms with van der Waals surface area (Å²) < 4.78 is 1.59. The van der Waals surface area contributed by atoms with Crippen LogP contribution >= 0.6 is 0 Å². The van der Waals surface area contributed by atoms with Gasteiger partial charge in [0, 0.05) is 30.6 Å². The summed E-state index contributed by atoms with van der Waals surface area (Å²) in [6, 6.07) is 24.2. The zero-order chi connectivity index (χ0) is 20.9. The Bertz CT molecular complexity index is 1130. The van der Waals surface area contributed by atoms with Crippen LogP contribution in [0, 0.1) is 10.1 Å². The number of non-ortho nitro benzene ring substituents is 1. The normalized spacial score (nSPS) is 10.8. The fraction of sp³-hybridized carbons (Fsp3) is 0.130. The number of rotatable bonds is 7. The Morgan fingerprint density at radius 3 is 2.10 bits per heavy atom. The van der Waals surface area contributed by atoms with Crippen LogP contribution in [0.5, 0.6) is 0 Å². The summed E-state index contributed by atoms with van der Waals surface area (Å²) in [5, 5.41) is 15.9. The second-order valence-electron chi connectivity index (χ2n) is 7.02. The molecule has 150 valence electrons. The van der Waals surface area contributed by atoms with Crippen molar-refractivity contribution in [2.75, 3.05) is 0 Å². The second kappa shape index (κ2) is 8.57. The standard InChI is InChI=1S/C23H20N4O3/c28-23(17-26-22-12-11-21(27(29)30)13-20(22)14-24-26)25(15-18-7-3-1-4-8-18)16-19-9-5-2-6-10-19/h1-14H,15-17H2. The average molecular weight is 400 g/mol. The number of carbonyl (C=O) groups is 1. The van der Waals surface area contributed by atoms with Crippen molar-refractivity contribution >= 4 is 22.5 Å². The van der Waals surface area contributed by atoms with Crippen molar-refractivity contribution in [3.05, 3.63) is 106 Å². The van der Waals surface area contributed by atoms with Gasteiger partial charge in [-0.3, -0.25) is 19.6 Å². The Labute approximate surface area is 173 Å². The summed E-state index contributed by atoms with van der Waals surface area (Å²) in [5.41, 5.74) is 2.78. The zero-order valence-electron chi connectivity index (χ0n) is 16.2. The summed E-state index contributed by atoms with van der Waals surface area (Å²) in [7, 11) is 0. The third-order valence-corrected chi connectivity index (χ3v) is 4.91. The molecule has 4 rings (SSSR count). The first-order valence-electron chi connectivity index (χ1n) is 9.56. The number of hydrogen-bond acceptors (Lipinski definition) is 4. The first-order chi connectivity index (χ1) is 14.6. The molecule has 7 nitrogen and oxygen atoms in total. The molecule has 4 aromatic rings. The summed E-state index contributed by atoms with van der Waals surface area (Å²) >= 11 is 0. The predicted octanol–water partition coefficient (Wildman–Crippen LogP) is 4.17. The molecule has 7 heteroatoms. The summed E-state index contributed by atoms with van der Waals surface area (Å²) in [6.07, 6.45) is 1.55. The van der Waals surface area contributed by atoms with E-state index in [1.165, 1.54) is 12.1 Å². The van der Waals surface area contributed by atoms with E-state index >= 15 is 0 Å². The first-order valence-corrected chi connectivity index (χ1v) is 9.56. The van der Waals surface area contributed by atoms with Crippen molar-refractivity contribution in [3.63, 3.8) is 0 Å². The minimum atomic E-state index is -0.441. The highest BCUT2D eigenvalue weighted by Crippen LogP contribution is 2.21. The van der Waals surface area contributed by atoms with E-state index in [0.29, 0.717) is 24.0 Å². The highest BCUT2D eigenvalue weighted by molar-refractivity contribution is 5.83. The van der Waals surface area contributed by atoms with Gasteiger partial charge in [-0.05, 0) is 17.2 Å². The molecule has 1 heterocycles. The number of carbonyl (C=O) groups excluding carboxylic acids is 1. The lowest BCUT2D eigenvalue weighted by Crippen LogP contribution is -2.33. The van der Waals surface area contributed by atoms with Crippen molar-refractivity contribution in [1.29, 1.82) is 0 Å². The van der Waals surface area contributed by atoms with Crippen molar-refractivity contribution in [2.24, 2.45) is 0 Å². The lowest BCUT2D eigenvalue weighted by Gasteiger charge is -2.23. The van der Waals surface area contributed by atoms with Crippen LogP contribution in [0.3, 0.4) is 0 Å². The van der Waals surface area contributed by atoms with Crippen LogP contribution in [-0.2, 0) is 24.4 Å². The molecule has 0 saturated carbocycles. The van der Waals surface area contributed by atoms with E-state index in [0.717, 1.165) is 11.1 Å². The molecule has 0 spiro atoms. The molecule has 0 N–H and O–H groups in total. The lowest BCUT2D eigenvalue weighted by atomic mass is 10.1. The van der Waals surface area contributed by atoms with Gasteiger partial charge >= 0.3 is 0 Å². The minimum Gasteiger partial charge on any atom is -0.332 e. The molecule has 0 aliphatic heterocycles. The summed E-state index contributed by atoms with van der Waals surface area (Å²) in [6.45, 7) is 1.03. The zero-order valence-corrected chi connectivity index (χ0v) is 16.2. The van der Waals surface area contributed by atoms with Gasteiger partial charge in [-0.1, -0.05) is 60.7 Å². The molecule has 0 atom stereocenters. The van der Waals surface area contributed by atoms with Gasteiger partial charge in [0.25, 0.3) is 5.69 Å². The van der Waals surface area contributed by atoms with Crippen LogP contribution in [0.1, 0.15) is 11.1 Å². The number of benzene rings is 3. The molecule has 0 aliphatic rings. The van der Waals surface area contributed by atoms with Crippen molar-refractivity contribution in [2.45, 2.75) is 19.6 Å². The fourth-order valence-corrected chi connectivity index (χ4v) is 3.38. The lowest BCUT2D eigenvalue weighted by molar-refractivity contribution is -0.384. The van der Waals surface area contributed by atoms with Gasteiger partial charge in [0.2, 0.25) is 5.91 Å². The largest absolute Gasteiger partial charge is 0.332 e. The third kappa shape index (κ3) is 4.35. The number of nitro groups is 1. The van der Waals surface area contributed by atoms with Crippen LogP contribution in [0.15, 0.2) is 85.1 Å². The third-order valence-electron chi connectivity index (χ3n) is 4.91. The number of amides is 1. The highest BCUT2D eigenvalue weighted by Gasteiger charge is 2.18. The molecule has 0 radical (unpaired) electrons. The van der Waals surface area contributed by atoms with E-state index in [4.69, 9.17) is 0 Å². The van der Waals surface area contributed by atoms with E-state index in [1.54, 1.807) is 21.8 Å². The van der Waals surface area contributed by atoms with Crippen LogP contribution < -0.4 is 0 Å². The van der Waals surface area contributed by atoms with Crippen molar-refractivity contribution in [3.8, 4) is 0 Å². The number of fused-ring (bicyclic) bond motifs is 1. The predicted molar refractivity (Wildman–Crippen MR) is 114 cm³/mol. The number of aromatic nitrogens is 2. The molecule has 0 aliphatic carbocycles. The van der Waals surface area contributed by atoms with Crippen LogP contribution in [0.4, 0.5) is 5.69 Å². The Kier molecular flexibility index (Phi) is 5.52. The molecule has 3 aromatic carbocycles. The number of nitro benzene ring substituents is 1. The van der Waals surface area contributed by atoms with E-state index < -0.39 is 4.92 Å². The van der Waals surface area contributed by atoms with Gasteiger partial charge in [-0.15, -0.1) is 0 Å². The Hall–Kier alpha value is -4.00. The monoisotopic (exact) mass is 400 g/mol. The number of nitrogens with zero attached hydrogens (tertiary/aromatic N) is 4. The molecule has 0 bridgehead atoms. The average Bonchev–Trinajstić information content (AvgIpc) is 3.16. The molecule has 0 unspecified atom stereocenters. The summed E-state index contributed by atoms with van der Waals surface area (Å²) in [5.74, 6) is -0.0777. The smallest absolute Gasteiger partial charge is 0.270 e. The van der Waals surface area contributed by atoms with Gasteiger partial charge in [0.15, 0.2) is 0 Å². The second-order valence-corrected chi connectivity index (χ2v) is 7.02. The van der Waals surface area contributed by atoms with E-state index in [9.17, 15) is 14.9 Å². The SMILES string of the molecule is O=C(Cn1ncc2cc([N+](=O)[O-])ccc21)N(Cc1ccccc1)Cc1ccccc1. The molecule has 1 aromatic heterocycles. The molecule has 1 amide bonds. The van der Waals surface area contributed by atoms with Gasteiger partial charge in [0.05, 0.1) is 16.6 Å². The quantitative estimate of drug-likeness (QED) is 0.344. The molecular weight excluding hydrogens is 380 g/mol. The first kappa shape index (κ1) is 19.3. The van der Waals surface area contributed by atoms with E-state index in [1.807, 2.05) is 60.7 Å². The minimum absolute atomic E-state index is 0.00292. The van der Waals surface area contributed by atoms with Crippen LogP contribution in [0.2, 0.25) is 0 Å². The Morgan fingerprint density at radius 2 is 1.53 bits per heavy atom. The van der Waals surface area contributed by atoms with E-state index in [-0.39, 0.29) is 18.1 Å². The Balaban J connectivity index is 1.58. The van der Waals surface area contributed by atoms with Gasteiger partial charge in [-0.2, -0.15) is 5.10 Å². The molecular formula is C23H20N4O3. The van der Waals surface area contributed by atoms with Gasteiger partial charge in [-0.25, -0.2) is 0 Å². The number of hydrogen-bond donors (Lipinski definition) is 0. The van der Waals surface area contributed by atoms with Crippen molar-refractivity contribution < 1.29 is 9.72 Å². The summed E-state index contributed by atoms with van der Waals surface area (Å²) in [4.78, 5) is 25.5. The van der Waals surface area contributed by atoms with Gasteiger partial charge in [0.1, 0.15) is 6.54 Å². The highest BCUT2D eigenvalue weighted by atomic mass is 16.6. The van der Waals surface area contributed by atoms with Crippen molar-refractivity contribution in [1.82, 2.24) is 14.7 Å². The van der Waals surface area contributed by atoms with Gasteiger partial charge < -0.3 is 4.90 Å².